The second-order valence-corrected chi connectivity index (χ2v) is 5.06. The number of rotatable bonds is 2. The van der Waals surface area contributed by atoms with Gasteiger partial charge in [-0.25, -0.2) is 0 Å². The molecule has 2 rings (SSSR count). The van der Waals surface area contributed by atoms with Gasteiger partial charge >= 0.3 is 5.97 Å². The van der Waals surface area contributed by atoms with E-state index >= 15 is 0 Å². The van der Waals surface area contributed by atoms with E-state index in [9.17, 15) is 4.79 Å². The summed E-state index contributed by atoms with van der Waals surface area (Å²) in [6, 6.07) is 5.66. The van der Waals surface area contributed by atoms with Crippen LogP contribution in [0.5, 0.6) is 0 Å². The van der Waals surface area contributed by atoms with Gasteiger partial charge in [-0.15, -0.1) is 0 Å². The highest BCUT2D eigenvalue weighted by molar-refractivity contribution is 6.30. The highest BCUT2D eigenvalue weighted by Crippen LogP contribution is 2.37. The Hall–Kier alpha value is -1.28. The van der Waals surface area contributed by atoms with Crippen LogP contribution in [-0.2, 0) is 11.2 Å². The lowest BCUT2D eigenvalue weighted by Crippen LogP contribution is -2.26. The molecule has 0 atom stereocenters. The van der Waals surface area contributed by atoms with Crippen LogP contribution in [0.15, 0.2) is 23.8 Å². The fraction of sp³-hybridized carbons (Fsp3) is 0.308. The lowest BCUT2D eigenvalue weighted by Gasteiger charge is -2.20. The quantitative estimate of drug-likeness (QED) is 0.855. The fourth-order valence-electron chi connectivity index (χ4n) is 1.85. The van der Waals surface area contributed by atoms with E-state index in [0.29, 0.717) is 11.4 Å². The minimum absolute atomic E-state index is 0.676. The Bertz CT molecular complexity index is 487. The molecule has 1 aromatic rings. The van der Waals surface area contributed by atoms with Crippen molar-refractivity contribution < 1.29 is 9.90 Å². The Morgan fingerprint density at radius 2 is 2.12 bits per heavy atom. The van der Waals surface area contributed by atoms with Crippen molar-refractivity contribution in [1.29, 1.82) is 0 Å². The molecule has 0 amide bonds. The van der Waals surface area contributed by atoms with Gasteiger partial charge in [0.1, 0.15) is 0 Å². The third-order valence-corrected chi connectivity index (χ3v) is 3.39. The van der Waals surface area contributed by atoms with Crippen molar-refractivity contribution in [3.63, 3.8) is 0 Å². The van der Waals surface area contributed by atoms with Crippen LogP contribution < -0.4 is 0 Å². The zero-order valence-electron chi connectivity index (χ0n) is 9.25. The number of hydrogen-bond acceptors (Lipinski definition) is 1. The Labute approximate surface area is 99.5 Å². The molecule has 84 valence electrons. The maximum absolute atomic E-state index is 11.2. The maximum Gasteiger partial charge on any atom is 0.313 e. The first-order chi connectivity index (χ1) is 7.41. The molecule has 0 radical (unpaired) electrons. The number of carboxylic acid groups (broad SMARTS) is 1. The molecule has 0 aliphatic heterocycles. The van der Waals surface area contributed by atoms with Crippen LogP contribution in [0.3, 0.4) is 0 Å². The summed E-state index contributed by atoms with van der Waals surface area (Å²) in [6.45, 7) is 3.46. The van der Waals surface area contributed by atoms with Crippen LogP contribution in [0.1, 0.15) is 25.0 Å². The van der Waals surface area contributed by atoms with Gasteiger partial charge in [-0.05, 0) is 49.1 Å². The molecular weight excluding hydrogens is 224 g/mol. The first-order valence-electron chi connectivity index (χ1n) is 5.14. The van der Waals surface area contributed by atoms with Crippen molar-refractivity contribution in [1.82, 2.24) is 0 Å². The number of aliphatic carboxylic acids is 1. The lowest BCUT2D eigenvalue weighted by molar-refractivity contribution is -0.144. The van der Waals surface area contributed by atoms with Crippen molar-refractivity contribution in [2.45, 2.75) is 20.3 Å². The second-order valence-electron chi connectivity index (χ2n) is 4.62. The number of benzene rings is 1. The summed E-state index contributed by atoms with van der Waals surface area (Å²) in [4.78, 5) is 11.2. The molecule has 0 saturated carbocycles. The molecule has 16 heavy (non-hydrogen) atoms. The molecule has 2 nitrogen and oxygen atoms in total. The van der Waals surface area contributed by atoms with Crippen LogP contribution in [0, 0.1) is 5.41 Å². The molecular formula is C13H13ClO2. The molecule has 1 aliphatic rings. The zero-order valence-corrected chi connectivity index (χ0v) is 10.0. The highest BCUT2D eigenvalue weighted by Gasteiger charge is 2.34. The van der Waals surface area contributed by atoms with Crippen molar-refractivity contribution in [3.05, 3.63) is 39.9 Å². The van der Waals surface area contributed by atoms with Crippen molar-refractivity contribution in [2.75, 3.05) is 0 Å². The summed E-state index contributed by atoms with van der Waals surface area (Å²) >= 11 is 5.91. The number of halogens is 1. The van der Waals surface area contributed by atoms with E-state index in [1.165, 1.54) is 0 Å². The van der Waals surface area contributed by atoms with E-state index in [-0.39, 0.29) is 0 Å². The van der Waals surface area contributed by atoms with Gasteiger partial charge < -0.3 is 5.11 Å². The second kappa shape index (κ2) is 3.63. The third kappa shape index (κ3) is 1.74. The average Bonchev–Trinajstić information content (AvgIpc) is 2.60. The van der Waals surface area contributed by atoms with Gasteiger partial charge in [0.15, 0.2) is 0 Å². The van der Waals surface area contributed by atoms with E-state index in [4.69, 9.17) is 16.7 Å². The Kier molecular flexibility index (Phi) is 2.55. The predicted octanol–water partition coefficient (Wildman–Crippen LogP) is 3.39. The van der Waals surface area contributed by atoms with Crippen LogP contribution >= 0.6 is 11.6 Å². The maximum atomic E-state index is 11.2. The predicted molar refractivity (Wildman–Crippen MR) is 64.5 cm³/mol. The first kappa shape index (κ1) is 11.2. The Morgan fingerprint density at radius 1 is 1.44 bits per heavy atom. The number of carbonyl (C=O) groups is 1. The molecule has 1 N–H and O–H groups in total. The highest BCUT2D eigenvalue weighted by atomic mass is 35.5. The van der Waals surface area contributed by atoms with E-state index in [0.717, 1.165) is 16.7 Å². The van der Waals surface area contributed by atoms with Crippen LogP contribution in [-0.4, -0.2) is 11.1 Å². The smallest absolute Gasteiger partial charge is 0.313 e. The minimum Gasteiger partial charge on any atom is -0.481 e. The monoisotopic (exact) mass is 236 g/mol. The van der Waals surface area contributed by atoms with E-state index in [2.05, 4.69) is 0 Å². The summed E-state index contributed by atoms with van der Waals surface area (Å²) < 4.78 is 0. The molecule has 0 bridgehead atoms. The number of carboxylic acids is 1. The van der Waals surface area contributed by atoms with Gasteiger partial charge in [-0.3, -0.25) is 4.79 Å². The van der Waals surface area contributed by atoms with E-state index < -0.39 is 11.4 Å². The molecule has 3 heteroatoms. The average molecular weight is 237 g/mol. The van der Waals surface area contributed by atoms with Crippen molar-refractivity contribution >= 4 is 23.6 Å². The largest absolute Gasteiger partial charge is 0.481 e. The molecule has 1 aliphatic carbocycles. The van der Waals surface area contributed by atoms with E-state index in [1.54, 1.807) is 13.8 Å². The molecule has 1 aromatic carbocycles. The normalized spacial score (nSPS) is 14.6. The third-order valence-electron chi connectivity index (χ3n) is 3.15. The van der Waals surface area contributed by atoms with Gasteiger partial charge in [-0.2, -0.15) is 0 Å². The first-order valence-corrected chi connectivity index (χ1v) is 5.52. The molecule has 0 aromatic heterocycles. The number of hydrogen-bond donors (Lipinski definition) is 1. The summed E-state index contributed by atoms with van der Waals surface area (Å²) in [5.74, 6) is -0.794. The molecule has 0 saturated heterocycles. The topological polar surface area (TPSA) is 37.3 Å². The van der Waals surface area contributed by atoms with Crippen LogP contribution in [0.25, 0.3) is 6.08 Å². The fourth-order valence-corrected chi connectivity index (χ4v) is 2.05. The summed E-state index contributed by atoms with van der Waals surface area (Å²) in [5.41, 5.74) is 2.30. The van der Waals surface area contributed by atoms with Gasteiger partial charge in [0, 0.05) is 5.02 Å². The summed E-state index contributed by atoms with van der Waals surface area (Å²) in [5, 5.41) is 9.86. The molecule has 0 unspecified atom stereocenters. The van der Waals surface area contributed by atoms with Gasteiger partial charge in [0.2, 0.25) is 0 Å². The summed E-state index contributed by atoms with van der Waals surface area (Å²) in [7, 11) is 0. The van der Waals surface area contributed by atoms with Gasteiger partial charge in [0.05, 0.1) is 5.41 Å². The zero-order chi connectivity index (χ0) is 11.9. The standard InChI is InChI=1S/C13H13ClO2/c1-13(2,12(15)16)10-5-8-3-4-11(14)7-9(8)6-10/h3-5,7H,6H2,1-2H3,(H,15,16). The minimum atomic E-state index is -0.814. The van der Waals surface area contributed by atoms with Gasteiger partial charge in [-0.1, -0.05) is 23.7 Å². The van der Waals surface area contributed by atoms with Crippen LogP contribution in [0.2, 0.25) is 5.02 Å². The van der Waals surface area contributed by atoms with Crippen LogP contribution in [0.4, 0.5) is 0 Å². The van der Waals surface area contributed by atoms with Crippen molar-refractivity contribution in [3.8, 4) is 0 Å². The molecule has 0 heterocycles. The Balaban J connectivity index is 2.37. The Morgan fingerprint density at radius 3 is 2.75 bits per heavy atom. The number of fused-ring (bicyclic) bond motifs is 1. The molecule has 0 fully saturated rings. The van der Waals surface area contributed by atoms with Crippen molar-refractivity contribution in [2.24, 2.45) is 5.41 Å². The lowest BCUT2D eigenvalue weighted by atomic mass is 9.83. The summed E-state index contributed by atoms with van der Waals surface area (Å²) in [6.07, 6.45) is 2.63. The van der Waals surface area contributed by atoms with Gasteiger partial charge in [0.25, 0.3) is 0 Å². The van der Waals surface area contributed by atoms with E-state index in [1.807, 2.05) is 24.3 Å². The SMILES string of the molecule is CC(C)(C(=O)O)C1=Cc2ccc(Cl)cc2C1. The molecule has 0 spiro atoms.